The van der Waals surface area contributed by atoms with Gasteiger partial charge in [-0.25, -0.2) is 0 Å². The van der Waals surface area contributed by atoms with Crippen molar-refractivity contribution in [3.8, 4) is 0 Å². The standard InChI is InChI=1S/C14H19N3O3S/c1-20-12(18)9-5-8-11-16-17-14(21-11)15-13(19)10-6-3-2-4-7-10/h2-3,10H,4-9H2,1H3,(H,15,17,19)/t10-/m1/s1. The normalized spacial score (nSPS) is 17.5. The molecule has 114 valence electrons. The average Bonchev–Trinajstić information content (AvgIpc) is 2.95. The van der Waals surface area contributed by atoms with E-state index in [-0.39, 0.29) is 17.8 Å². The van der Waals surface area contributed by atoms with Crippen LogP contribution in [0.25, 0.3) is 0 Å². The minimum atomic E-state index is -0.224. The maximum atomic E-state index is 12.1. The number of ether oxygens (including phenoxy) is 1. The molecule has 1 atom stereocenters. The average molecular weight is 309 g/mol. The number of carbonyl (C=O) groups excluding carboxylic acids is 2. The van der Waals surface area contributed by atoms with Gasteiger partial charge >= 0.3 is 5.97 Å². The molecule has 0 radical (unpaired) electrons. The number of nitrogens with zero attached hydrogens (tertiary/aromatic N) is 2. The van der Waals surface area contributed by atoms with Crippen molar-refractivity contribution in [1.29, 1.82) is 0 Å². The van der Waals surface area contributed by atoms with Crippen molar-refractivity contribution in [3.63, 3.8) is 0 Å². The molecule has 0 fully saturated rings. The molecule has 6 nitrogen and oxygen atoms in total. The maximum Gasteiger partial charge on any atom is 0.305 e. The summed E-state index contributed by atoms with van der Waals surface area (Å²) in [6, 6.07) is 0. The van der Waals surface area contributed by atoms with Crippen molar-refractivity contribution >= 4 is 28.3 Å². The first-order valence-electron chi connectivity index (χ1n) is 7.04. The van der Waals surface area contributed by atoms with Gasteiger partial charge < -0.3 is 10.1 Å². The number of anilines is 1. The van der Waals surface area contributed by atoms with Crippen LogP contribution in [0.1, 0.15) is 37.1 Å². The molecule has 1 aromatic rings. The molecule has 1 amide bonds. The van der Waals surface area contributed by atoms with Crippen LogP contribution >= 0.6 is 11.3 Å². The summed E-state index contributed by atoms with van der Waals surface area (Å²) in [7, 11) is 1.38. The molecule has 0 bridgehead atoms. The number of methoxy groups -OCH3 is 1. The summed E-state index contributed by atoms with van der Waals surface area (Å²) in [5.41, 5.74) is 0. The molecule has 0 aromatic carbocycles. The summed E-state index contributed by atoms with van der Waals surface area (Å²) in [6.45, 7) is 0. The minimum Gasteiger partial charge on any atom is -0.469 e. The molecule has 21 heavy (non-hydrogen) atoms. The first kappa shape index (κ1) is 15.6. The van der Waals surface area contributed by atoms with Gasteiger partial charge in [0.25, 0.3) is 0 Å². The Labute approximate surface area is 127 Å². The maximum absolute atomic E-state index is 12.1. The molecule has 0 aliphatic heterocycles. The fourth-order valence-corrected chi connectivity index (χ4v) is 2.91. The van der Waals surface area contributed by atoms with E-state index in [1.807, 2.05) is 6.08 Å². The number of hydrogen-bond donors (Lipinski definition) is 1. The van der Waals surface area contributed by atoms with Gasteiger partial charge in [0, 0.05) is 18.8 Å². The van der Waals surface area contributed by atoms with E-state index in [2.05, 4.69) is 26.3 Å². The van der Waals surface area contributed by atoms with Crippen molar-refractivity contribution in [2.75, 3.05) is 12.4 Å². The molecule has 0 unspecified atom stereocenters. The molecule has 2 rings (SSSR count). The molecule has 0 saturated carbocycles. The van der Waals surface area contributed by atoms with E-state index in [1.165, 1.54) is 18.4 Å². The highest BCUT2D eigenvalue weighted by molar-refractivity contribution is 7.15. The summed E-state index contributed by atoms with van der Waals surface area (Å²) in [6.07, 6.45) is 8.47. The number of aromatic nitrogens is 2. The highest BCUT2D eigenvalue weighted by Crippen LogP contribution is 2.22. The monoisotopic (exact) mass is 309 g/mol. The molecule has 1 heterocycles. The van der Waals surface area contributed by atoms with Gasteiger partial charge in [-0.2, -0.15) is 0 Å². The SMILES string of the molecule is COC(=O)CCCc1nnc(NC(=O)[C@@H]2CC=CCC2)s1. The largest absolute Gasteiger partial charge is 0.469 e. The Morgan fingerprint density at radius 3 is 3.00 bits per heavy atom. The van der Waals surface area contributed by atoms with Gasteiger partial charge in [0.05, 0.1) is 7.11 Å². The lowest BCUT2D eigenvalue weighted by Crippen LogP contribution is -2.23. The third-order valence-electron chi connectivity index (χ3n) is 3.34. The Morgan fingerprint density at radius 2 is 2.29 bits per heavy atom. The molecule has 1 aliphatic carbocycles. The van der Waals surface area contributed by atoms with Crippen LogP contribution in [0.4, 0.5) is 5.13 Å². The number of allylic oxidation sites excluding steroid dienone is 2. The third-order valence-corrected chi connectivity index (χ3v) is 4.23. The lowest BCUT2D eigenvalue weighted by Gasteiger charge is -2.15. The highest BCUT2D eigenvalue weighted by Gasteiger charge is 2.20. The summed E-state index contributed by atoms with van der Waals surface area (Å²) < 4.78 is 4.58. The van der Waals surface area contributed by atoms with E-state index < -0.39 is 0 Å². The minimum absolute atomic E-state index is 0.0108. The molecule has 0 spiro atoms. The van der Waals surface area contributed by atoms with E-state index >= 15 is 0 Å². The van der Waals surface area contributed by atoms with E-state index in [0.29, 0.717) is 24.4 Å². The van der Waals surface area contributed by atoms with E-state index in [9.17, 15) is 9.59 Å². The van der Waals surface area contributed by atoms with Gasteiger partial charge in [-0.15, -0.1) is 10.2 Å². The van der Waals surface area contributed by atoms with Crippen LogP contribution in [0.2, 0.25) is 0 Å². The Kier molecular flexibility index (Phi) is 5.86. The first-order valence-corrected chi connectivity index (χ1v) is 7.85. The van der Waals surface area contributed by atoms with Crippen LogP contribution in [-0.4, -0.2) is 29.2 Å². The van der Waals surface area contributed by atoms with Crippen LogP contribution in [0.3, 0.4) is 0 Å². The highest BCUT2D eigenvalue weighted by atomic mass is 32.1. The zero-order valence-corrected chi connectivity index (χ0v) is 12.8. The van der Waals surface area contributed by atoms with E-state index in [1.54, 1.807) is 0 Å². The Balaban J connectivity index is 1.78. The van der Waals surface area contributed by atoms with E-state index in [4.69, 9.17) is 0 Å². The van der Waals surface area contributed by atoms with Gasteiger partial charge in [-0.1, -0.05) is 23.5 Å². The molecular formula is C14H19N3O3S. The predicted molar refractivity (Wildman–Crippen MR) is 80.0 cm³/mol. The van der Waals surface area contributed by atoms with Crippen molar-refractivity contribution in [2.24, 2.45) is 5.92 Å². The quantitative estimate of drug-likeness (QED) is 0.644. The van der Waals surface area contributed by atoms with Crippen molar-refractivity contribution in [3.05, 3.63) is 17.2 Å². The lowest BCUT2D eigenvalue weighted by molar-refractivity contribution is -0.140. The van der Waals surface area contributed by atoms with Gasteiger partial charge in [-0.3, -0.25) is 9.59 Å². The number of rotatable bonds is 6. The third kappa shape index (κ3) is 4.93. The molecule has 7 heteroatoms. The second-order valence-corrected chi connectivity index (χ2v) is 5.96. The molecule has 0 saturated heterocycles. The second-order valence-electron chi connectivity index (χ2n) is 4.90. The number of hydrogen-bond acceptors (Lipinski definition) is 6. The fraction of sp³-hybridized carbons (Fsp3) is 0.571. The molecule has 1 aromatic heterocycles. The second kappa shape index (κ2) is 7.87. The van der Waals surface area contributed by atoms with Gasteiger partial charge in [0.15, 0.2) is 0 Å². The summed E-state index contributed by atoms with van der Waals surface area (Å²) in [5, 5.41) is 12.2. The van der Waals surface area contributed by atoms with Gasteiger partial charge in [0.1, 0.15) is 5.01 Å². The Morgan fingerprint density at radius 1 is 1.43 bits per heavy atom. The first-order chi connectivity index (χ1) is 10.2. The smallest absolute Gasteiger partial charge is 0.305 e. The number of carbonyl (C=O) groups is 2. The predicted octanol–water partition coefficient (Wildman–Crippen LogP) is 2.33. The lowest BCUT2D eigenvalue weighted by atomic mass is 9.94. The Bertz CT molecular complexity index is 527. The number of amides is 1. The zero-order valence-electron chi connectivity index (χ0n) is 12.0. The van der Waals surface area contributed by atoms with Crippen LogP contribution in [0, 0.1) is 5.92 Å². The number of aryl methyl sites for hydroxylation is 1. The fourth-order valence-electron chi connectivity index (χ4n) is 2.13. The van der Waals surface area contributed by atoms with Crippen molar-refractivity contribution in [1.82, 2.24) is 10.2 Å². The zero-order chi connectivity index (χ0) is 15.1. The topological polar surface area (TPSA) is 81.2 Å². The summed E-state index contributed by atoms with van der Waals surface area (Å²) in [4.78, 5) is 23.1. The summed E-state index contributed by atoms with van der Waals surface area (Å²) >= 11 is 1.36. The molecular weight excluding hydrogens is 290 g/mol. The van der Waals surface area contributed by atoms with Crippen molar-refractivity contribution < 1.29 is 14.3 Å². The van der Waals surface area contributed by atoms with Gasteiger partial charge in [0.2, 0.25) is 11.0 Å². The number of nitrogens with one attached hydrogen (secondary N) is 1. The van der Waals surface area contributed by atoms with Crippen molar-refractivity contribution in [2.45, 2.75) is 38.5 Å². The van der Waals surface area contributed by atoms with Gasteiger partial charge in [-0.05, 0) is 25.7 Å². The molecule has 1 N–H and O–H groups in total. The Hall–Kier alpha value is -1.76. The van der Waals surface area contributed by atoms with Crippen LogP contribution in [-0.2, 0) is 20.7 Å². The van der Waals surface area contributed by atoms with E-state index in [0.717, 1.165) is 24.3 Å². The van der Waals surface area contributed by atoms with Crippen LogP contribution in [0.15, 0.2) is 12.2 Å². The molecule has 1 aliphatic rings. The van der Waals surface area contributed by atoms with Crippen LogP contribution < -0.4 is 5.32 Å². The summed E-state index contributed by atoms with van der Waals surface area (Å²) in [5.74, 6) is -0.184. The number of esters is 1. The van der Waals surface area contributed by atoms with Crippen LogP contribution in [0.5, 0.6) is 0 Å².